The maximum atomic E-state index is 13.0. The molecule has 4 heteroatoms. The van der Waals surface area contributed by atoms with E-state index in [1.54, 1.807) is 12.1 Å². The number of aromatic nitrogens is 2. The normalized spacial score (nSPS) is 11.0. The molecule has 0 amide bonds. The van der Waals surface area contributed by atoms with Crippen LogP contribution in [0.4, 0.5) is 4.39 Å². The molecular weight excluding hydrogens is 207 g/mol. The quantitative estimate of drug-likeness (QED) is 0.829. The van der Waals surface area contributed by atoms with Crippen LogP contribution >= 0.6 is 0 Å². The molecule has 0 aliphatic carbocycles. The molecule has 0 aliphatic rings. The highest BCUT2D eigenvalue weighted by Crippen LogP contribution is 2.11. The molecule has 0 bridgehead atoms. The SMILES string of the molecule is CC(C)c1cc(=O)n(-c2cccc(F)c2)[nH]1. The zero-order valence-electron chi connectivity index (χ0n) is 9.20. The molecule has 1 aromatic heterocycles. The molecule has 2 rings (SSSR count). The Labute approximate surface area is 92.5 Å². The number of hydrogen-bond donors (Lipinski definition) is 1. The first kappa shape index (κ1) is 10.7. The zero-order chi connectivity index (χ0) is 11.7. The van der Waals surface area contributed by atoms with Crippen LogP contribution in [-0.4, -0.2) is 9.78 Å². The van der Waals surface area contributed by atoms with E-state index in [9.17, 15) is 9.18 Å². The predicted molar refractivity (Wildman–Crippen MR) is 60.4 cm³/mol. The summed E-state index contributed by atoms with van der Waals surface area (Å²) in [5, 5.41) is 2.96. The fraction of sp³-hybridized carbons (Fsp3) is 0.250. The van der Waals surface area contributed by atoms with Gasteiger partial charge in [0.05, 0.1) is 5.69 Å². The number of halogens is 1. The van der Waals surface area contributed by atoms with Crippen molar-refractivity contribution in [3.63, 3.8) is 0 Å². The van der Waals surface area contributed by atoms with Crippen molar-refractivity contribution in [1.82, 2.24) is 9.78 Å². The maximum absolute atomic E-state index is 13.0. The molecule has 0 radical (unpaired) electrons. The van der Waals surface area contributed by atoms with Crippen LogP contribution in [0, 0.1) is 5.82 Å². The molecule has 1 aromatic carbocycles. The van der Waals surface area contributed by atoms with Gasteiger partial charge in [0.15, 0.2) is 0 Å². The highest BCUT2D eigenvalue weighted by Gasteiger charge is 2.07. The molecule has 0 saturated carbocycles. The molecule has 0 unspecified atom stereocenters. The van der Waals surface area contributed by atoms with Crippen LogP contribution in [0.5, 0.6) is 0 Å². The number of aromatic amines is 1. The largest absolute Gasteiger partial charge is 0.295 e. The Hall–Kier alpha value is -1.84. The Kier molecular flexibility index (Phi) is 2.64. The maximum Gasteiger partial charge on any atom is 0.271 e. The van der Waals surface area contributed by atoms with Gasteiger partial charge in [0.25, 0.3) is 5.56 Å². The lowest BCUT2D eigenvalue weighted by Crippen LogP contribution is -2.13. The van der Waals surface area contributed by atoms with Crippen molar-refractivity contribution in [3.8, 4) is 5.69 Å². The van der Waals surface area contributed by atoms with Crippen LogP contribution in [0.25, 0.3) is 5.69 Å². The summed E-state index contributed by atoms with van der Waals surface area (Å²) in [5.74, 6) is -0.118. The summed E-state index contributed by atoms with van der Waals surface area (Å²) in [6, 6.07) is 7.47. The number of nitrogens with one attached hydrogen (secondary N) is 1. The van der Waals surface area contributed by atoms with Crippen molar-refractivity contribution in [3.05, 3.63) is 52.2 Å². The van der Waals surface area contributed by atoms with Gasteiger partial charge in [-0.25, -0.2) is 9.07 Å². The van der Waals surface area contributed by atoms with Crippen LogP contribution < -0.4 is 5.56 Å². The first-order chi connectivity index (χ1) is 7.58. The van der Waals surface area contributed by atoms with Gasteiger partial charge in [-0.15, -0.1) is 0 Å². The van der Waals surface area contributed by atoms with E-state index in [1.807, 2.05) is 13.8 Å². The van der Waals surface area contributed by atoms with E-state index in [1.165, 1.54) is 22.9 Å². The van der Waals surface area contributed by atoms with Crippen LogP contribution in [0.1, 0.15) is 25.5 Å². The van der Waals surface area contributed by atoms with Gasteiger partial charge in [-0.2, -0.15) is 0 Å². The molecule has 1 heterocycles. The Balaban J connectivity index is 2.52. The minimum Gasteiger partial charge on any atom is -0.295 e. The Morgan fingerprint density at radius 3 is 2.62 bits per heavy atom. The van der Waals surface area contributed by atoms with E-state index in [-0.39, 0.29) is 17.3 Å². The Morgan fingerprint density at radius 2 is 2.06 bits per heavy atom. The number of H-pyrrole nitrogens is 1. The molecule has 0 spiro atoms. The molecule has 0 aliphatic heterocycles. The summed E-state index contributed by atoms with van der Waals surface area (Å²) in [7, 11) is 0. The average molecular weight is 220 g/mol. The molecule has 84 valence electrons. The second kappa shape index (κ2) is 3.96. The zero-order valence-corrected chi connectivity index (χ0v) is 9.20. The fourth-order valence-corrected chi connectivity index (χ4v) is 1.52. The van der Waals surface area contributed by atoms with Gasteiger partial charge in [-0.05, 0) is 24.1 Å². The van der Waals surface area contributed by atoms with Gasteiger partial charge in [-0.1, -0.05) is 19.9 Å². The van der Waals surface area contributed by atoms with Crippen LogP contribution in [0.15, 0.2) is 35.1 Å². The Bertz CT molecular complexity index is 554. The molecule has 3 nitrogen and oxygen atoms in total. The summed E-state index contributed by atoms with van der Waals surface area (Å²) in [6.07, 6.45) is 0. The lowest BCUT2D eigenvalue weighted by atomic mass is 10.1. The topological polar surface area (TPSA) is 37.8 Å². The number of nitrogens with zero attached hydrogens (tertiary/aromatic N) is 1. The predicted octanol–water partition coefficient (Wildman–Crippen LogP) is 2.43. The molecule has 16 heavy (non-hydrogen) atoms. The van der Waals surface area contributed by atoms with E-state index in [0.717, 1.165) is 5.69 Å². The second-order valence-electron chi connectivity index (χ2n) is 4.02. The van der Waals surface area contributed by atoms with Gasteiger partial charge in [-0.3, -0.25) is 9.89 Å². The average Bonchev–Trinajstić information content (AvgIpc) is 2.60. The highest BCUT2D eigenvalue weighted by atomic mass is 19.1. The van der Waals surface area contributed by atoms with E-state index in [4.69, 9.17) is 0 Å². The van der Waals surface area contributed by atoms with Crippen LogP contribution in [0.3, 0.4) is 0 Å². The summed E-state index contributed by atoms with van der Waals surface area (Å²) >= 11 is 0. The van der Waals surface area contributed by atoms with Gasteiger partial charge in [0.2, 0.25) is 0 Å². The summed E-state index contributed by atoms with van der Waals surface area (Å²) in [5.41, 5.74) is 1.18. The monoisotopic (exact) mass is 220 g/mol. The van der Waals surface area contributed by atoms with E-state index in [0.29, 0.717) is 5.69 Å². The summed E-state index contributed by atoms with van der Waals surface area (Å²) in [4.78, 5) is 11.7. The summed E-state index contributed by atoms with van der Waals surface area (Å²) in [6.45, 7) is 3.97. The Morgan fingerprint density at radius 1 is 1.31 bits per heavy atom. The standard InChI is InChI=1S/C12H13FN2O/c1-8(2)11-7-12(16)15(14-11)10-5-3-4-9(13)6-10/h3-8,14H,1-2H3. The third kappa shape index (κ3) is 1.91. The van der Waals surface area contributed by atoms with Gasteiger partial charge in [0.1, 0.15) is 5.82 Å². The highest BCUT2D eigenvalue weighted by molar-refractivity contribution is 5.31. The smallest absolute Gasteiger partial charge is 0.271 e. The van der Waals surface area contributed by atoms with Crippen LogP contribution in [-0.2, 0) is 0 Å². The number of benzene rings is 1. The molecule has 1 N–H and O–H groups in total. The van der Waals surface area contributed by atoms with Crippen molar-refractivity contribution in [2.24, 2.45) is 0 Å². The fourth-order valence-electron chi connectivity index (χ4n) is 1.52. The van der Waals surface area contributed by atoms with E-state index in [2.05, 4.69) is 5.10 Å². The lowest BCUT2D eigenvalue weighted by Gasteiger charge is -2.03. The van der Waals surface area contributed by atoms with Crippen molar-refractivity contribution >= 4 is 0 Å². The minimum absolute atomic E-state index is 0.172. The van der Waals surface area contributed by atoms with Crippen molar-refractivity contribution < 1.29 is 4.39 Å². The number of hydrogen-bond acceptors (Lipinski definition) is 1. The van der Waals surface area contributed by atoms with Crippen molar-refractivity contribution in [1.29, 1.82) is 0 Å². The minimum atomic E-state index is -0.356. The molecule has 2 aromatic rings. The van der Waals surface area contributed by atoms with Gasteiger partial charge < -0.3 is 0 Å². The molecule has 0 fully saturated rings. The van der Waals surface area contributed by atoms with Crippen molar-refractivity contribution in [2.45, 2.75) is 19.8 Å². The molecular formula is C12H13FN2O. The van der Waals surface area contributed by atoms with Gasteiger partial charge in [0, 0.05) is 11.8 Å². The van der Waals surface area contributed by atoms with Crippen molar-refractivity contribution in [2.75, 3.05) is 0 Å². The molecule has 0 saturated heterocycles. The number of rotatable bonds is 2. The summed E-state index contributed by atoms with van der Waals surface area (Å²) < 4.78 is 14.4. The lowest BCUT2D eigenvalue weighted by molar-refractivity contribution is 0.624. The van der Waals surface area contributed by atoms with E-state index >= 15 is 0 Å². The molecule has 0 atom stereocenters. The first-order valence-electron chi connectivity index (χ1n) is 5.16. The van der Waals surface area contributed by atoms with E-state index < -0.39 is 0 Å². The third-order valence-electron chi connectivity index (χ3n) is 2.43. The first-order valence-corrected chi connectivity index (χ1v) is 5.16. The van der Waals surface area contributed by atoms with Crippen LogP contribution in [0.2, 0.25) is 0 Å². The third-order valence-corrected chi connectivity index (χ3v) is 2.43. The van der Waals surface area contributed by atoms with Gasteiger partial charge >= 0.3 is 0 Å². The second-order valence-corrected chi connectivity index (χ2v) is 4.02.